The van der Waals surface area contributed by atoms with Gasteiger partial charge in [0.25, 0.3) is 5.91 Å². The second-order valence-electron chi connectivity index (χ2n) is 0.730. The number of isothiocyanates is 1. The number of carbonyl (C=O) groups excluding carboxylic acids is 1. The maximum absolute atomic E-state index is 10.1. The zero-order chi connectivity index (χ0) is 5.70. The molecule has 0 saturated heterocycles. The van der Waals surface area contributed by atoms with Gasteiger partial charge in [-0.1, -0.05) is 22.6 Å². The highest BCUT2D eigenvalue weighted by molar-refractivity contribution is 14.1. The van der Waals surface area contributed by atoms with Crippen LogP contribution >= 0.6 is 34.8 Å². The molecule has 7 heavy (non-hydrogen) atoms. The summed E-state index contributed by atoms with van der Waals surface area (Å²) in [7, 11) is 0. The van der Waals surface area contributed by atoms with Gasteiger partial charge in [0.05, 0.1) is 9.59 Å². The molecule has 0 fully saturated rings. The average molecular weight is 227 g/mol. The van der Waals surface area contributed by atoms with Crippen molar-refractivity contribution >= 4 is 45.9 Å². The van der Waals surface area contributed by atoms with Crippen molar-refractivity contribution in [3.63, 3.8) is 0 Å². The smallest absolute Gasteiger partial charge is 0.264 e. The molecule has 0 rings (SSSR count). The molecule has 0 radical (unpaired) electrons. The Morgan fingerprint density at radius 3 is 2.71 bits per heavy atom. The lowest BCUT2D eigenvalue weighted by Gasteiger charge is -1.72. The summed E-state index contributed by atoms with van der Waals surface area (Å²) in [6.07, 6.45) is 0. The van der Waals surface area contributed by atoms with Gasteiger partial charge in [-0.05, 0) is 12.2 Å². The normalized spacial score (nSPS) is 7.00. The van der Waals surface area contributed by atoms with Crippen LogP contribution in [-0.4, -0.2) is 15.5 Å². The van der Waals surface area contributed by atoms with Crippen LogP contribution in [0.1, 0.15) is 0 Å². The molecule has 2 nitrogen and oxygen atoms in total. The van der Waals surface area contributed by atoms with Crippen LogP contribution in [0.25, 0.3) is 0 Å². The first-order chi connectivity index (χ1) is 3.31. The summed E-state index contributed by atoms with van der Waals surface area (Å²) in [6, 6.07) is 0. The predicted molar refractivity (Wildman–Crippen MR) is 38.9 cm³/mol. The Labute approximate surface area is 60.1 Å². The van der Waals surface area contributed by atoms with E-state index in [0.29, 0.717) is 4.43 Å². The Morgan fingerprint density at radius 2 is 2.57 bits per heavy atom. The summed E-state index contributed by atoms with van der Waals surface area (Å²) in [5.41, 5.74) is 0. The van der Waals surface area contributed by atoms with E-state index in [0.717, 1.165) is 0 Å². The zero-order valence-electron chi connectivity index (χ0n) is 3.35. The third-order valence-electron chi connectivity index (χ3n) is 0.285. The van der Waals surface area contributed by atoms with Crippen molar-refractivity contribution in [2.24, 2.45) is 4.99 Å². The Kier molecular flexibility index (Phi) is 4.49. The molecule has 4 heteroatoms. The van der Waals surface area contributed by atoms with Gasteiger partial charge in [0.2, 0.25) is 0 Å². The van der Waals surface area contributed by atoms with Crippen molar-refractivity contribution in [3.8, 4) is 0 Å². The van der Waals surface area contributed by atoms with Gasteiger partial charge in [-0.2, -0.15) is 4.99 Å². The monoisotopic (exact) mass is 227 g/mol. The second-order valence-corrected chi connectivity index (χ2v) is 1.68. The second kappa shape index (κ2) is 4.36. The molecule has 0 aliphatic rings. The minimum absolute atomic E-state index is 0.226. The van der Waals surface area contributed by atoms with Gasteiger partial charge < -0.3 is 0 Å². The highest BCUT2D eigenvalue weighted by Crippen LogP contribution is 1.81. The first kappa shape index (κ1) is 7.20. The summed E-state index contributed by atoms with van der Waals surface area (Å²) in [5.74, 6) is -0.226. The number of thiocarbonyl (C=S) groups is 1. The van der Waals surface area contributed by atoms with Crippen LogP contribution in [0.15, 0.2) is 4.99 Å². The first-order valence-electron chi connectivity index (χ1n) is 1.48. The molecule has 38 valence electrons. The molecule has 0 bridgehead atoms. The topological polar surface area (TPSA) is 29.4 Å². The molecule has 0 heterocycles. The van der Waals surface area contributed by atoms with Gasteiger partial charge in [-0.3, -0.25) is 4.79 Å². The van der Waals surface area contributed by atoms with Crippen LogP contribution in [0.5, 0.6) is 0 Å². The predicted octanol–water partition coefficient (Wildman–Crippen LogP) is 1.05. The molecule has 0 atom stereocenters. The summed E-state index contributed by atoms with van der Waals surface area (Å²) < 4.78 is 0.376. The van der Waals surface area contributed by atoms with Gasteiger partial charge in [-0.25, -0.2) is 0 Å². The molecule has 0 spiro atoms. The number of hydrogen-bond donors (Lipinski definition) is 0. The summed E-state index contributed by atoms with van der Waals surface area (Å²) >= 11 is 6.06. The van der Waals surface area contributed by atoms with E-state index >= 15 is 0 Å². The number of rotatable bonds is 1. The van der Waals surface area contributed by atoms with Gasteiger partial charge in [0.15, 0.2) is 0 Å². The molecule has 0 aromatic heterocycles. The van der Waals surface area contributed by atoms with Crippen LogP contribution in [0.3, 0.4) is 0 Å². The maximum atomic E-state index is 10.1. The van der Waals surface area contributed by atoms with Gasteiger partial charge >= 0.3 is 0 Å². The van der Waals surface area contributed by atoms with E-state index in [4.69, 9.17) is 0 Å². The van der Waals surface area contributed by atoms with Crippen LogP contribution < -0.4 is 0 Å². The molecule has 0 saturated carbocycles. The van der Waals surface area contributed by atoms with E-state index < -0.39 is 0 Å². The summed E-state index contributed by atoms with van der Waals surface area (Å²) in [5, 5.41) is 1.97. The van der Waals surface area contributed by atoms with E-state index in [1.807, 2.05) is 27.8 Å². The number of amides is 1. The quantitative estimate of drug-likeness (QED) is 0.290. The van der Waals surface area contributed by atoms with Gasteiger partial charge in [0, 0.05) is 0 Å². The molecule has 0 N–H and O–H groups in total. The Hall–Kier alpha value is 0.200. The largest absolute Gasteiger partial charge is 0.271 e. The standard InChI is InChI=1S/C3H2INOS/c4-1-3(6)5-2-7/h1H2. The van der Waals surface area contributed by atoms with Crippen molar-refractivity contribution in [3.05, 3.63) is 0 Å². The van der Waals surface area contributed by atoms with Crippen LogP contribution in [0.2, 0.25) is 0 Å². The average Bonchev–Trinajstić information content (AvgIpc) is 1.68. The van der Waals surface area contributed by atoms with E-state index in [9.17, 15) is 4.79 Å². The van der Waals surface area contributed by atoms with E-state index in [-0.39, 0.29) is 5.91 Å². The fourth-order valence-electron chi connectivity index (χ4n) is 0.0808. The lowest BCUT2D eigenvalue weighted by molar-refractivity contribution is -0.115. The Bertz CT molecular complexity index is 118. The molecule has 0 aromatic carbocycles. The lowest BCUT2D eigenvalue weighted by Crippen LogP contribution is -1.89. The zero-order valence-corrected chi connectivity index (χ0v) is 6.32. The van der Waals surface area contributed by atoms with E-state index in [2.05, 4.69) is 17.2 Å². The molecule has 0 aliphatic heterocycles. The third kappa shape index (κ3) is 4.04. The number of hydrogen-bond acceptors (Lipinski definition) is 2. The lowest BCUT2D eigenvalue weighted by atomic mass is 10.8. The fourth-order valence-corrected chi connectivity index (χ4v) is 0.353. The number of alkyl halides is 1. The number of aliphatic imine (C=N–C) groups is 1. The molecular formula is C3H2INOS. The molecular weight excluding hydrogens is 225 g/mol. The van der Waals surface area contributed by atoms with Gasteiger partial charge in [-0.15, -0.1) is 0 Å². The van der Waals surface area contributed by atoms with Crippen molar-refractivity contribution in [2.45, 2.75) is 0 Å². The van der Waals surface area contributed by atoms with Crippen molar-refractivity contribution < 1.29 is 4.79 Å². The summed E-state index contributed by atoms with van der Waals surface area (Å²) in [4.78, 5) is 13.3. The highest BCUT2D eigenvalue weighted by Gasteiger charge is 1.87. The van der Waals surface area contributed by atoms with Crippen LogP contribution in [0.4, 0.5) is 0 Å². The van der Waals surface area contributed by atoms with Crippen LogP contribution in [-0.2, 0) is 4.79 Å². The van der Waals surface area contributed by atoms with Gasteiger partial charge in [0.1, 0.15) is 0 Å². The molecule has 0 unspecified atom stereocenters. The molecule has 0 aliphatic carbocycles. The van der Waals surface area contributed by atoms with E-state index in [1.165, 1.54) is 0 Å². The minimum atomic E-state index is -0.226. The summed E-state index contributed by atoms with van der Waals surface area (Å²) in [6.45, 7) is 0. The fraction of sp³-hybridized carbons (Fsp3) is 0.333. The highest BCUT2D eigenvalue weighted by atomic mass is 127. The van der Waals surface area contributed by atoms with Crippen LogP contribution in [0, 0.1) is 0 Å². The Balaban J connectivity index is 3.58. The maximum Gasteiger partial charge on any atom is 0.264 e. The minimum Gasteiger partial charge on any atom is -0.271 e. The SMILES string of the molecule is O=C(CI)N=C=S. The number of nitrogens with zero attached hydrogens (tertiary/aromatic N) is 1. The third-order valence-corrected chi connectivity index (χ3v) is 1.03. The van der Waals surface area contributed by atoms with Crippen molar-refractivity contribution in [1.29, 1.82) is 0 Å². The van der Waals surface area contributed by atoms with E-state index in [1.54, 1.807) is 0 Å². The van der Waals surface area contributed by atoms with Crippen molar-refractivity contribution in [1.82, 2.24) is 0 Å². The number of carbonyl (C=O) groups is 1. The first-order valence-corrected chi connectivity index (χ1v) is 3.41. The molecule has 0 aromatic rings. The molecule has 1 amide bonds. The Morgan fingerprint density at radius 1 is 2.00 bits per heavy atom. The number of halogens is 1. The van der Waals surface area contributed by atoms with Crippen molar-refractivity contribution in [2.75, 3.05) is 4.43 Å².